The summed E-state index contributed by atoms with van der Waals surface area (Å²) in [5.41, 5.74) is 1.17. The Balaban J connectivity index is 0.00000341. The van der Waals surface area contributed by atoms with E-state index < -0.39 is 0 Å². The quantitative estimate of drug-likeness (QED) is 0.291. The van der Waals surface area contributed by atoms with Crippen molar-refractivity contribution in [2.75, 3.05) is 33.8 Å². The van der Waals surface area contributed by atoms with Gasteiger partial charge in [-0.05, 0) is 55.6 Å². The average Bonchev–Trinajstić information content (AvgIpc) is 2.79. The molecule has 1 saturated heterocycles. The number of hydrogen-bond donors (Lipinski definition) is 2. The second-order valence-electron chi connectivity index (χ2n) is 7.58. The highest BCUT2D eigenvalue weighted by atomic mass is 127. The molecule has 1 fully saturated rings. The van der Waals surface area contributed by atoms with Crippen LogP contribution in [0.15, 0.2) is 53.5 Å². The molecule has 0 bridgehead atoms. The van der Waals surface area contributed by atoms with Crippen molar-refractivity contribution in [3.63, 3.8) is 0 Å². The summed E-state index contributed by atoms with van der Waals surface area (Å²) in [5, 5.41) is 6.99. The molecule has 31 heavy (non-hydrogen) atoms. The Bertz CT molecular complexity index is 805. The van der Waals surface area contributed by atoms with Crippen molar-refractivity contribution in [1.82, 2.24) is 15.5 Å². The smallest absolute Gasteiger partial charge is 0.191 e. The van der Waals surface area contributed by atoms with Crippen LogP contribution in [0.3, 0.4) is 0 Å². The summed E-state index contributed by atoms with van der Waals surface area (Å²) < 4.78 is 11.3. The van der Waals surface area contributed by atoms with Crippen molar-refractivity contribution in [1.29, 1.82) is 0 Å². The molecule has 2 aromatic carbocycles. The molecule has 2 aromatic rings. The van der Waals surface area contributed by atoms with Gasteiger partial charge < -0.3 is 25.0 Å². The zero-order chi connectivity index (χ0) is 21.2. The van der Waals surface area contributed by atoms with E-state index in [4.69, 9.17) is 9.47 Å². The van der Waals surface area contributed by atoms with Gasteiger partial charge in [0.2, 0.25) is 0 Å². The lowest BCUT2D eigenvalue weighted by Gasteiger charge is -2.32. The van der Waals surface area contributed by atoms with E-state index in [9.17, 15) is 0 Å². The number of hydrogen-bond acceptors (Lipinski definition) is 4. The molecule has 0 atom stereocenters. The van der Waals surface area contributed by atoms with Gasteiger partial charge in [0, 0.05) is 32.7 Å². The third kappa shape index (κ3) is 7.88. The zero-order valence-electron chi connectivity index (χ0n) is 18.8. The second kappa shape index (κ2) is 13.4. The van der Waals surface area contributed by atoms with Crippen molar-refractivity contribution in [3.05, 3.63) is 54.1 Å². The molecule has 6 nitrogen and oxygen atoms in total. The Morgan fingerprint density at radius 1 is 1.06 bits per heavy atom. The van der Waals surface area contributed by atoms with Crippen LogP contribution in [0.2, 0.25) is 0 Å². The molecule has 7 heteroatoms. The Labute approximate surface area is 203 Å². The van der Waals surface area contributed by atoms with Crippen molar-refractivity contribution in [3.8, 4) is 17.2 Å². The first-order valence-corrected chi connectivity index (χ1v) is 10.8. The number of para-hydroxylation sites is 2. The molecule has 1 aliphatic heterocycles. The Hall–Kier alpha value is -2.00. The van der Waals surface area contributed by atoms with Gasteiger partial charge in [-0.3, -0.25) is 4.99 Å². The molecule has 1 aliphatic rings. The molecular formula is C24H35IN4O2. The number of nitrogens with zero attached hydrogens (tertiary/aromatic N) is 2. The summed E-state index contributed by atoms with van der Waals surface area (Å²) in [6.45, 7) is 6.49. The van der Waals surface area contributed by atoms with Crippen molar-refractivity contribution >= 4 is 29.9 Å². The van der Waals surface area contributed by atoms with Gasteiger partial charge in [0.25, 0.3) is 0 Å². The molecule has 0 amide bonds. The SMILES string of the molecule is CCCN1CCC(NC(=NC)NCc2ccc(Oc3ccccc3OC)cc2)CC1.I. The maximum atomic E-state index is 5.94. The monoisotopic (exact) mass is 538 g/mol. The summed E-state index contributed by atoms with van der Waals surface area (Å²) >= 11 is 0. The second-order valence-corrected chi connectivity index (χ2v) is 7.58. The highest BCUT2D eigenvalue weighted by molar-refractivity contribution is 14.0. The normalized spacial score (nSPS) is 15.1. The van der Waals surface area contributed by atoms with Gasteiger partial charge in [0.15, 0.2) is 17.5 Å². The topological polar surface area (TPSA) is 58.1 Å². The number of ether oxygens (including phenoxy) is 2. The molecule has 0 spiro atoms. The fourth-order valence-corrected chi connectivity index (χ4v) is 3.70. The Morgan fingerprint density at radius 3 is 2.35 bits per heavy atom. The van der Waals surface area contributed by atoms with Crippen LogP contribution in [0.5, 0.6) is 17.2 Å². The van der Waals surface area contributed by atoms with Crippen molar-refractivity contribution < 1.29 is 9.47 Å². The molecule has 170 valence electrons. The van der Waals surface area contributed by atoms with Crippen LogP contribution in [0.25, 0.3) is 0 Å². The van der Waals surface area contributed by atoms with E-state index in [1.54, 1.807) is 7.11 Å². The number of benzene rings is 2. The van der Waals surface area contributed by atoms with Crippen LogP contribution in [-0.4, -0.2) is 50.7 Å². The lowest BCUT2D eigenvalue weighted by molar-refractivity contribution is 0.206. The molecular weight excluding hydrogens is 503 g/mol. The first-order valence-electron chi connectivity index (χ1n) is 10.8. The van der Waals surface area contributed by atoms with Crippen LogP contribution in [-0.2, 0) is 6.54 Å². The van der Waals surface area contributed by atoms with Gasteiger partial charge in [0.1, 0.15) is 5.75 Å². The number of rotatable bonds is 8. The first-order chi connectivity index (χ1) is 14.7. The number of halogens is 1. The minimum absolute atomic E-state index is 0. The summed E-state index contributed by atoms with van der Waals surface area (Å²) in [6.07, 6.45) is 3.55. The van der Waals surface area contributed by atoms with Gasteiger partial charge >= 0.3 is 0 Å². The van der Waals surface area contributed by atoms with E-state index in [1.165, 1.54) is 18.5 Å². The molecule has 0 radical (unpaired) electrons. The fourth-order valence-electron chi connectivity index (χ4n) is 3.70. The van der Waals surface area contributed by atoms with Gasteiger partial charge in [0.05, 0.1) is 7.11 Å². The lowest BCUT2D eigenvalue weighted by Crippen LogP contribution is -2.48. The van der Waals surface area contributed by atoms with Gasteiger partial charge in [-0.1, -0.05) is 31.2 Å². The molecule has 1 heterocycles. The number of nitrogens with one attached hydrogen (secondary N) is 2. The number of guanidine groups is 1. The predicted molar refractivity (Wildman–Crippen MR) is 138 cm³/mol. The van der Waals surface area contributed by atoms with E-state index in [0.29, 0.717) is 18.3 Å². The van der Waals surface area contributed by atoms with Crippen LogP contribution in [0.4, 0.5) is 0 Å². The largest absolute Gasteiger partial charge is 0.493 e. The number of methoxy groups -OCH3 is 1. The van der Waals surface area contributed by atoms with E-state index in [-0.39, 0.29) is 24.0 Å². The van der Waals surface area contributed by atoms with E-state index in [1.807, 2.05) is 43.4 Å². The van der Waals surface area contributed by atoms with Crippen LogP contribution < -0.4 is 20.1 Å². The van der Waals surface area contributed by atoms with E-state index in [0.717, 1.165) is 43.4 Å². The summed E-state index contributed by atoms with van der Waals surface area (Å²) in [4.78, 5) is 6.93. The van der Waals surface area contributed by atoms with Crippen LogP contribution in [0, 0.1) is 0 Å². The van der Waals surface area contributed by atoms with E-state index >= 15 is 0 Å². The lowest BCUT2D eigenvalue weighted by atomic mass is 10.1. The summed E-state index contributed by atoms with van der Waals surface area (Å²) in [6, 6.07) is 16.2. The van der Waals surface area contributed by atoms with Crippen molar-refractivity contribution in [2.24, 2.45) is 4.99 Å². The summed E-state index contributed by atoms with van der Waals surface area (Å²) in [7, 11) is 3.47. The third-order valence-electron chi connectivity index (χ3n) is 5.37. The van der Waals surface area contributed by atoms with Gasteiger partial charge in [-0.2, -0.15) is 0 Å². The third-order valence-corrected chi connectivity index (χ3v) is 5.37. The Kier molecular flexibility index (Phi) is 10.9. The fraction of sp³-hybridized carbons (Fsp3) is 0.458. The molecule has 0 unspecified atom stereocenters. The van der Waals surface area contributed by atoms with Gasteiger partial charge in [-0.15, -0.1) is 24.0 Å². The molecule has 2 N–H and O–H groups in total. The van der Waals surface area contributed by atoms with Crippen LogP contribution >= 0.6 is 24.0 Å². The zero-order valence-corrected chi connectivity index (χ0v) is 21.1. The molecule has 3 rings (SSSR count). The standard InChI is InChI=1S/C24H34N4O2.HI/c1-4-15-28-16-13-20(14-17-28)27-24(25-2)26-18-19-9-11-21(12-10-19)30-23-8-6-5-7-22(23)29-3;/h5-12,20H,4,13-18H2,1-3H3,(H2,25,26,27);1H. The maximum Gasteiger partial charge on any atom is 0.191 e. The predicted octanol–water partition coefficient (Wildman–Crippen LogP) is 4.64. The average molecular weight is 538 g/mol. The minimum atomic E-state index is 0. The molecule has 0 saturated carbocycles. The minimum Gasteiger partial charge on any atom is -0.493 e. The number of aliphatic imine (C=N–C) groups is 1. The number of piperidine rings is 1. The van der Waals surface area contributed by atoms with Gasteiger partial charge in [-0.25, -0.2) is 0 Å². The van der Waals surface area contributed by atoms with Crippen LogP contribution in [0.1, 0.15) is 31.7 Å². The highest BCUT2D eigenvalue weighted by Crippen LogP contribution is 2.30. The first kappa shape index (κ1) is 25.3. The maximum absolute atomic E-state index is 5.94. The Morgan fingerprint density at radius 2 is 1.74 bits per heavy atom. The molecule has 0 aliphatic carbocycles. The van der Waals surface area contributed by atoms with Crippen molar-refractivity contribution in [2.45, 2.75) is 38.8 Å². The highest BCUT2D eigenvalue weighted by Gasteiger charge is 2.19. The molecule has 0 aromatic heterocycles. The number of likely N-dealkylation sites (tertiary alicyclic amines) is 1. The van der Waals surface area contributed by atoms with E-state index in [2.05, 4.69) is 39.6 Å². The summed E-state index contributed by atoms with van der Waals surface area (Å²) in [5.74, 6) is 3.07.